The SMILES string of the molecule is CCN(CC(C)C)c1nc(C(F)(F)F)ccc1CN. The van der Waals surface area contributed by atoms with E-state index < -0.39 is 11.9 Å². The molecule has 0 aromatic carbocycles. The average molecular weight is 275 g/mol. The number of halogens is 3. The first-order valence-electron chi connectivity index (χ1n) is 6.31. The van der Waals surface area contributed by atoms with Crippen molar-refractivity contribution in [2.24, 2.45) is 11.7 Å². The fourth-order valence-electron chi connectivity index (χ4n) is 1.87. The fourth-order valence-corrected chi connectivity index (χ4v) is 1.87. The van der Waals surface area contributed by atoms with Crippen LogP contribution in [0.25, 0.3) is 0 Å². The molecule has 1 heterocycles. The van der Waals surface area contributed by atoms with E-state index in [0.29, 0.717) is 30.4 Å². The topological polar surface area (TPSA) is 42.2 Å². The molecule has 1 aromatic rings. The Morgan fingerprint density at radius 1 is 1.32 bits per heavy atom. The molecule has 0 saturated carbocycles. The number of nitrogens with zero attached hydrogens (tertiary/aromatic N) is 2. The van der Waals surface area contributed by atoms with Crippen molar-refractivity contribution in [3.05, 3.63) is 23.4 Å². The van der Waals surface area contributed by atoms with Crippen LogP contribution in [0.5, 0.6) is 0 Å². The van der Waals surface area contributed by atoms with Crippen molar-refractivity contribution in [3.63, 3.8) is 0 Å². The Morgan fingerprint density at radius 3 is 2.37 bits per heavy atom. The van der Waals surface area contributed by atoms with Gasteiger partial charge in [-0.3, -0.25) is 0 Å². The molecule has 2 N–H and O–H groups in total. The monoisotopic (exact) mass is 275 g/mol. The summed E-state index contributed by atoms with van der Waals surface area (Å²) >= 11 is 0. The number of alkyl halides is 3. The largest absolute Gasteiger partial charge is 0.433 e. The van der Waals surface area contributed by atoms with E-state index in [1.54, 1.807) is 0 Å². The molecule has 0 unspecified atom stereocenters. The third-order valence-corrected chi connectivity index (χ3v) is 2.73. The third-order valence-electron chi connectivity index (χ3n) is 2.73. The van der Waals surface area contributed by atoms with Crippen LogP contribution in [-0.4, -0.2) is 18.1 Å². The molecule has 0 aliphatic rings. The lowest BCUT2D eigenvalue weighted by Crippen LogP contribution is -2.30. The molecule has 0 atom stereocenters. The van der Waals surface area contributed by atoms with Gasteiger partial charge in [-0.2, -0.15) is 13.2 Å². The Labute approximate surface area is 111 Å². The number of hydrogen-bond acceptors (Lipinski definition) is 3. The molecule has 0 fully saturated rings. The van der Waals surface area contributed by atoms with Crippen LogP contribution in [0.3, 0.4) is 0 Å². The van der Waals surface area contributed by atoms with E-state index in [-0.39, 0.29) is 6.54 Å². The van der Waals surface area contributed by atoms with Gasteiger partial charge >= 0.3 is 6.18 Å². The van der Waals surface area contributed by atoms with Gasteiger partial charge in [0.2, 0.25) is 0 Å². The summed E-state index contributed by atoms with van der Waals surface area (Å²) in [4.78, 5) is 5.60. The molecule has 3 nitrogen and oxygen atoms in total. The van der Waals surface area contributed by atoms with Gasteiger partial charge in [0.05, 0.1) is 0 Å². The quantitative estimate of drug-likeness (QED) is 0.898. The Morgan fingerprint density at radius 2 is 1.95 bits per heavy atom. The standard InChI is InChI=1S/C13H20F3N3/c1-4-19(8-9(2)3)12-10(7-17)5-6-11(18-12)13(14,15)16/h5-6,9H,4,7-8,17H2,1-3H3. The molecule has 0 saturated heterocycles. The lowest BCUT2D eigenvalue weighted by atomic mass is 10.1. The predicted molar refractivity (Wildman–Crippen MR) is 69.9 cm³/mol. The van der Waals surface area contributed by atoms with E-state index in [9.17, 15) is 13.2 Å². The second-order valence-electron chi connectivity index (χ2n) is 4.81. The van der Waals surface area contributed by atoms with E-state index in [1.807, 2.05) is 25.7 Å². The van der Waals surface area contributed by atoms with E-state index in [0.717, 1.165) is 6.07 Å². The lowest BCUT2D eigenvalue weighted by Gasteiger charge is -2.26. The van der Waals surface area contributed by atoms with Gasteiger partial charge in [0.1, 0.15) is 11.5 Å². The molecule has 0 radical (unpaired) electrons. The third kappa shape index (κ3) is 4.09. The van der Waals surface area contributed by atoms with Crippen molar-refractivity contribution in [2.75, 3.05) is 18.0 Å². The minimum absolute atomic E-state index is 0.176. The fraction of sp³-hybridized carbons (Fsp3) is 0.615. The molecular weight excluding hydrogens is 255 g/mol. The highest BCUT2D eigenvalue weighted by molar-refractivity contribution is 5.48. The van der Waals surface area contributed by atoms with Crippen molar-refractivity contribution >= 4 is 5.82 Å². The molecular formula is C13H20F3N3. The van der Waals surface area contributed by atoms with Gasteiger partial charge in [-0.25, -0.2) is 4.98 Å². The van der Waals surface area contributed by atoms with Crippen molar-refractivity contribution in [1.82, 2.24) is 4.98 Å². The van der Waals surface area contributed by atoms with Gasteiger partial charge in [0.15, 0.2) is 0 Å². The van der Waals surface area contributed by atoms with Crippen LogP contribution < -0.4 is 10.6 Å². The summed E-state index contributed by atoms with van der Waals surface area (Å²) in [5.74, 6) is 0.676. The number of rotatable bonds is 5. The first-order valence-corrected chi connectivity index (χ1v) is 6.31. The summed E-state index contributed by atoms with van der Waals surface area (Å²) in [5, 5.41) is 0. The summed E-state index contributed by atoms with van der Waals surface area (Å²) in [6.07, 6.45) is -4.43. The summed E-state index contributed by atoms with van der Waals surface area (Å²) in [6, 6.07) is 2.39. The highest BCUT2D eigenvalue weighted by atomic mass is 19.4. The number of pyridine rings is 1. The summed E-state index contributed by atoms with van der Waals surface area (Å²) in [7, 11) is 0. The van der Waals surface area contributed by atoms with Gasteiger partial charge in [-0.15, -0.1) is 0 Å². The van der Waals surface area contributed by atoms with Crippen LogP contribution in [0.2, 0.25) is 0 Å². The molecule has 19 heavy (non-hydrogen) atoms. The molecule has 0 bridgehead atoms. The molecule has 1 rings (SSSR count). The second-order valence-corrected chi connectivity index (χ2v) is 4.81. The summed E-state index contributed by atoms with van der Waals surface area (Å²) < 4.78 is 38.2. The molecule has 0 aliphatic heterocycles. The van der Waals surface area contributed by atoms with Gasteiger partial charge in [0, 0.05) is 25.2 Å². The van der Waals surface area contributed by atoms with E-state index >= 15 is 0 Å². The lowest BCUT2D eigenvalue weighted by molar-refractivity contribution is -0.141. The van der Waals surface area contributed by atoms with Crippen LogP contribution in [-0.2, 0) is 12.7 Å². The van der Waals surface area contributed by atoms with Crippen molar-refractivity contribution < 1.29 is 13.2 Å². The first kappa shape index (κ1) is 15.8. The summed E-state index contributed by atoms with van der Waals surface area (Å²) in [5.41, 5.74) is 5.35. The maximum atomic E-state index is 12.7. The summed E-state index contributed by atoms with van der Waals surface area (Å²) in [6.45, 7) is 7.34. The Kier molecular flexibility index (Phi) is 5.17. The zero-order valence-corrected chi connectivity index (χ0v) is 11.5. The minimum atomic E-state index is -4.43. The minimum Gasteiger partial charge on any atom is -0.356 e. The zero-order chi connectivity index (χ0) is 14.6. The van der Waals surface area contributed by atoms with Crippen LogP contribution in [0, 0.1) is 5.92 Å². The molecule has 0 spiro atoms. The van der Waals surface area contributed by atoms with Gasteiger partial charge in [-0.1, -0.05) is 19.9 Å². The van der Waals surface area contributed by atoms with Gasteiger partial charge < -0.3 is 10.6 Å². The molecule has 108 valence electrons. The maximum absolute atomic E-state index is 12.7. The first-order chi connectivity index (χ1) is 8.79. The normalized spacial score (nSPS) is 12.0. The number of nitrogens with two attached hydrogens (primary N) is 1. The maximum Gasteiger partial charge on any atom is 0.433 e. The predicted octanol–water partition coefficient (Wildman–Crippen LogP) is 3.04. The van der Waals surface area contributed by atoms with Gasteiger partial charge in [-0.05, 0) is 18.9 Å². The highest BCUT2D eigenvalue weighted by Gasteiger charge is 2.33. The Hall–Kier alpha value is -1.30. The van der Waals surface area contributed by atoms with E-state index in [2.05, 4.69) is 4.98 Å². The van der Waals surface area contributed by atoms with Crippen LogP contribution in [0.15, 0.2) is 12.1 Å². The smallest absolute Gasteiger partial charge is 0.356 e. The van der Waals surface area contributed by atoms with Crippen molar-refractivity contribution in [3.8, 4) is 0 Å². The molecule has 0 amide bonds. The van der Waals surface area contributed by atoms with Crippen molar-refractivity contribution in [1.29, 1.82) is 0 Å². The Balaban J connectivity index is 3.21. The second kappa shape index (κ2) is 6.23. The van der Waals surface area contributed by atoms with Crippen LogP contribution >= 0.6 is 0 Å². The molecule has 0 aliphatic carbocycles. The van der Waals surface area contributed by atoms with Crippen LogP contribution in [0.1, 0.15) is 32.0 Å². The van der Waals surface area contributed by atoms with E-state index in [4.69, 9.17) is 5.73 Å². The number of aromatic nitrogens is 1. The highest BCUT2D eigenvalue weighted by Crippen LogP contribution is 2.30. The van der Waals surface area contributed by atoms with E-state index in [1.165, 1.54) is 6.07 Å². The Bertz CT molecular complexity index is 416. The average Bonchev–Trinajstić information content (AvgIpc) is 2.33. The van der Waals surface area contributed by atoms with Crippen molar-refractivity contribution in [2.45, 2.75) is 33.5 Å². The number of anilines is 1. The van der Waals surface area contributed by atoms with Crippen LogP contribution in [0.4, 0.5) is 19.0 Å². The van der Waals surface area contributed by atoms with Gasteiger partial charge in [0.25, 0.3) is 0 Å². The number of hydrogen-bond donors (Lipinski definition) is 1. The molecule has 6 heteroatoms. The zero-order valence-electron chi connectivity index (χ0n) is 11.5. The molecule has 1 aromatic heterocycles.